The number of hydrogen-bond donors (Lipinski definition) is 3. The van der Waals surface area contributed by atoms with Crippen LogP contribution in [-0.4, -0.2) is 35.2 Å². The van der Waals surface area contributed by atoms with Crippen LogP contribution in [-0.2, 0) is 21.5 Å². The zero-order valence-corrected chi connectivity index (χ0v) is 12.1. The molecule has 0 aliphatic carbocycles. The predicted octanol–water partition coefficient (Wildman–Crippen LogP) is 0.689. The molecule has 1 aromatic rings. The third-order valence-electron chi connectivity index (χ3n) is 2.38. The highest BCUT2D eigenvalue weighted by Gasteiger charge is 2.08. The molecule has 0 spiro atoms. The first-order valence-corrected chi connectivity index (χ1v) is 7.61. The quantitative estimate of drug-likeness (QED) is 0.584. The maximum atomic E-state index is 11.6. The molecule has 108 valence electrons. The van der Waals surface area contributed by atoms with E-state index < -0.39 is 10.2 Å². The van der Waals surface area contributed by atoms with Crippen molar-refractivity contribution in [1.29, 1.82) is 0 Å². The van der Waals surface area contributed by atoms with Gasteiger partial charge in [0.1, 0.15) is 0 Å². The monoisotopic (exact) mass is 287 g/mol. The summed E-state index contributed by atoms with van der Waals surface area (Å²) in [7, 11) is -2.01. The Hall–Kier alpha value is -1.15. The minimum absolute atomic E-state index is 0.240. The minimum atomic E-state index is -3.53. The first-order valence-electron chi connectivity index (χ1n) is 6.13. The Morgan fingerprint density at radius 2 is 1.89 bits per heavy atom. The van der Waals surface area contributed by atoms with Gasteiger partial charge in [0.05, 0.1) is 6.61 Å². The lowest BCUT2D eigenvalue weighted by atomic mass is 10.2. The van der Waals surface area contributed by atoms with Crippen LogP contribution in [0.5, 0.6) is 0 Å². The van der Waals surface area contributed by atoms with Crippen LogP contribution < -0.4 is 14.8 Å². The molecule has 0 saturated heterocycles. The number of nitrogens with one attached hydrogen (secondary N) is 3. The number of methoxy groups -OCH3 is 1. The number of rotatable bonds is 9. The van der Waals surface area contributed by atoms with Crippen molar-refractivity contribution < 1.29 is 13.2 Å². The molecule has 0 fully saturated rings. The average molecular weight is 287 g/mol. The molecular formula is C12H21N3O3S. The average Bonchev–Trinajstić information content (AvgIpc) is 2.38. The Morgan fingerprint density at radius 3 is 2.47 bits per heavy atom. The van der Waals surface area contributed by atoms with Gasteiger partial charge < -0.3 is 10.1 Å². The highest BCUT2D eigenvalue weighted by molar-refractivity contribution is 7.90. The fraction of sp³-hybridized carbons (Fsp3) is 0.500. The second-order valence-corrected chi connectivity index (χ2v) is 5.47. The third-order valence-corrected chi connectivity index (χ3v) is 3.47. The molecule has 0 aliphatic heterocycles. The Bertz CT molecular complexity index is 460. The van der Waals surface area contributed by atoms with Crippen LogP contribution in [0, 0.1) is 0 Å². The lowest BCUT2D eigenvalue weighted by Gasteiger charge is -2.09. The van der Waals surface area contributed by atoms with Gasteiger partial charge in [-0.25, -0.2) is 0 Å². The summed E-state index contributed by atoms with van der Waals surface area (Å²) in [4.78, 5) is 0. The van der Waals surface area contributed by atoms with E-state index in [1.807, 2.05) is 19.1 Å². The van der Waals surface area contributed by atoms with Crippen LogP contribution in [0.3, 0.4) is 0 Å². The van der Waals surface area contributed by atoms with Gasteiger partial charge in [0.25, 0.3) is 10.2 Å². The zero-order chi connectivity index (χ0) is 14.1. The van der Waals surface area contributed by atoms with Crippen LogP contribution in [0.15, 0.2) is 24.3 Å². The van der Waals surface area contributed by atoms with Crippen molar-refractivity contribution in [1.82, 2.24) is 10.0 Å². The molecule has 1 rings (SSSR count). The van der Waals surface area contributed by atoms with E-state index in [4.69, 9.17) is 4.74 Å². The van der Waals surface area contributed by atoms with Gasteiger partial charge in [0, 0.05) is 25.9 Å². The topological polar surface area (TPSA) is 79.5 Å². The first-order chi connectivity index (χ1) is 9.07. The normalized spacial score (nSPS) is 11.5. The molecule has 0 aliphatic rings. The molecule has 3 N–H and O–H groups in total. The summed E-state index contributed by atoms with van der Waals surface area (Å²) < 4.78 is 32.9. The van der Waals surface area contributed by atoms with Gasteiger partial charge in [-0.2, -0.15) is 13.1 Å². The number of anilines is 1. The van der Waals surface area contributed by atoms with Crippen molar-refractivity contribution in [2.24, 2.45) is 0 Å². The molecule has 0 saturated carbocycles. The van der Waals surface area contributed by atoms with Crippen molar-refractivity contribution in [2.75, 3.05) is 31.5 Å². The van der Waals surface area contributed by atoms with E-state index in [-0.39, 0.29) is 6.54 Å². The lowest BCUT2D eigenvalue weighted by Crippen LogP contribution is -2.32. The summed E-state index contributed by atoms with van der Waals surface area (Å²) in [6.07, 6.45) is 0. The van der Waals surface area contributed by atoms with E-state index >= 15 is 0 Å². The van der Waals surface area contributed by atoms with Crippen molar-refractivity contribution in [3.63, 3.8) is 0 Å². The molecule has 0 radical (unpaired) electrons. The molecule has 1 aromatic carbocycles. The van der Waals surface area contributed by atoms with Crippen molar-refractivity contribution in [2.45, 2.75) is 13.5 Å². The van der Waals surface area contributed by atoms with Crippen molar-refractivity contribution in [3.8, 4) is 0 Å². The van der Waals surface area contributed by atoms with E-state index in [1.165, 1.54) is 7.11 Å². The Kier molecular flexibility index (Phi) is 6.79. The summed E-state index contributed by atoms with van der Waals surface area (Å²) in [5.74, 6) is 0. The van der Waals surface area contributed by atoms with Gasteiger partial charge >= 0.3 is 0 Å². The van der Waals surface area contributed by atoms with Crippen LogP contribution in [0.1, 0.15) is 12.5 Å². The molecular weight excluding hydrogens is 266 g/mol. The number of hydrogen-bond acceptors (Lipinski definition) is 4. The van der Waals surface area contributed by atoms with Crippen LogP contribution >= 0.6 is 0 Å². The van der Waals surface area contributed by atoms with Crippen LogP contribution in [0.2, 0.25) is 0 Å². The standard InChI is InChI=1S/C12H21N3O3S/c1-3-13-10-11-4-6-12(7-5-11)15-19(16,17)14-8-9-18-2/h4-7,13-15H,3,8-10H2,1-2H3. The number of ether oxygens (including phenoxy) is 1. The van der Waals surface area contributed by atoms with E-state index in [2.05, 4.69) is 14.8 Å². The summed E-state index contributed by atoms with van der Waals surface area (Å²) in [5, 5.41) is 3.20. The van der Waals surface area contributed by atoms with Crippen LogP contribution in [0.25, 0.3) is 0 Å². The third kappa shape index (κ3) is 6.53. The first kappa shape index (κ1) is 15.9. The zero-order valence-electron chi connectivity index (χ0n) is 11.3. The van der Waals surface area contributed by atoms with E-state index in [0.29, 0.717) is 12.3 Å². The second kappa shape index (κ2) is 8.11. The molecule has 0 aromatic heterocycles. The molecule has 0 unspecified atom stereocenters. The molecule has 7 heteroatoms. The molecule has 19 heavy (non-hydrogen) atoms. The predicted molar refractivity (Wildman–Crippen MR) is 76.2 cm³/mol. The van der Waals surface area contributed by atoms with E-state index in [0.717, 1.165) is 18.7 Å². The summed E-state index contributed by atoms with van der Waals surface area (Å²) in [5.41, 5.74) is 1.64. The largest absolute Gasteiger partial charge is 0.383 e. The fourth-order valence-corrected chi connectivity index (χ4v) is 2.30. The molecule has 0 bridgehead atoms. The van der Waals surface area contributed by atoms with Crippen LogP contribution in [0.4, 0.5) is 5.69 Å². The Morgan fingerprint density at radius 1 is 1.21 bits per heavy atom. The van der Waals surface area contributed by atoms with Gasteiger partial charge in [-0.05, 0) is 24.2 Å². The highest BCUT2D eigenvalue weighted by atomic mass is 32.2. The number of benzene rings is 1. The lowest BCUT2D eigenvalue weighted by molar-refractivity contribution is 0.204. The van der Waals surface area contributed by atoms with E-state index in [1.54, 1.807) is 12.1 Å². The van der Waals surface area contributed by atoms with Gasteiger partial charge in [-0.1, -0.05) is 19.1 Å². The van der Waals surface area contributed by atoms with Gasteiger partial charge in [-0.15, -0.1) is 0 Å². The molecule has 0 atom stereocenters. The fourth-order valence-electron chi connectivity index (χ4n) is 1.43. The Labute approximate surface area is 114 Å². The van der Waals surface area contributed by atoms with Crippen molar-refractivity contribution in [3.05, 3.63) is 29.8 Å². The summed E-state index contributed by atoms with van der Waals surface area (Å²) in [6.45, 7) is 4.29. The molecule has 0 heterocycles. The molecule has 6 nitrogen and oxygen atoms in total. The van der Waals surface area contributed by atoms with Gasteiger partial charge in [-0.3, -0.25) is 4.72 Å². The van der Waals surface area contributed by atoms with Crippen molar-refractivity contribution >= 4 is 15.9 Å². The highest BCUT2D eigenvalue weighted by Crippen LogP contribution is 2.10. The second-order valence-electron chi connectivity index (χ2n) is 3.97. The summed E-state index contributed by atoms with van der Waals surface area (Å²) >= 11 is 0. The minimum Gasteiger partial charge on any atom is -0.383 e. The molecule has 0 amide bonds. The smallest absolute Gasteiger partial charge is 0.299 e. The van der Waals surface area contributed by atoms with E-state index in [9.17, 15) is 8.42 Å². The maximum Gasteiger partial charge on any atom is 0.299 e. The van der Waals surface area contributed by atoms with Gasteiger partial charge in [0.2, 0.25) is 0 Å². The maximum absolute atomic E-state index is 11.6. The Balaban J connectivity index is 2.52. The SMILES string of the molecule is CCNCc1ccc(NS(=O)(=O)NCCOC)cc1. The van der Waals surface area contributed by atoms with Gasteiger partial charge in [0.15, 0.2) is 0 Å². The summed E-state index contributed by atoms with van der Waals surface area (Å²) in [6, 6.07) is 7.25.